The lowest BCUT2D eigenvalue weighted by atomic mass is 10.0. The van der Waals surface area contributed by atoms with E-state index in [1.807, 2.05) is 13.0 Å². The van der Waals surface area contributed by atoms with Gasteiger partial charge in [-0.1, -0.05) is 6.92 Å². The van der Waals surface area contributed by atoms with Gasteiger partial charge in [-0.2, -0.15) is 4.31 Å². The second kappa shape index (κ2) is 8.51. The molecule has 7 nitrogen and oxygen atoms in total. The molecule has 1 aliphatic rings. The quantitative estimate of drug-likeness (QED) is 0.780. The summed E-state index contributed by atoms with van der Waals surface area (Å²) < 4.78 is 27.1. The summed E-state index contributed by atoms with van der Waals surface area (Å²) in [5, 5.41) is 2.72. The number of nitrogens with zero attached hydrogens (tertiary/aromatic N) is 1. The molecule has 1 aromatic carbocycles. The number of pyridine rings is 1. The van der Waals surface area contributed by atoms with Crippen LogP contribution in [0.5, 0.6) is 0 Å². The van der Waals surface area contributed by atoms with Crippen LogP contribution in [-0.4, -0.2) is 36.7 Å². The second-order valence-electron chi connectivity index (χ2n) is 7.74. The number of H-pyrrole nitrogens is 1. The lowest BCUT2D eigenvalue weighted by molar-refractivity contribution is 0.0950. The highest BCUT2D eigenvalue weighted by Gasteiger charge is 2.28. The van der Waals surface area contributed by atoms with Gasteiger partial charge in [0.2, 0.25) is 10.0 Å². The molecule has 1 saturated heterocycles. The van der Waals surface area contributed by atoms with Crippen LogP contribution in [0.4, 0.5) is 0 Å². The van der Waals surface area contributed by atoms with Gasteiger partial charge < -0.3 is 10.3 Å². The van der Waals surface area contributed by atoms with Crippen LogP contribution in [0.1, 0.15) is 46.9 Å². The van der Waals surface area contributed by atoms with Crippen molar-refractivity contribution in [1.29, 1.82) is 0 Å². The Hall–Kier alpha value is -2.45. The van der Waals surface area contributed by atoms with Crippen molar-refractivity contribution in [3.05, 3.63) is 63.1 Å². The molecule has 0 saturated carbocycles. The molecule has 0 bridgehead atoms. The zero-order valence-corrected chi connectivity index (χ0v) is 17.8. The molecule has 0 atom stereocenters. The number of aryl methyl sites for hydroxylation is 2. The lowest BCUT2D eigenvalue weighted by Gasteiger charge is -2.29. The summed E-state index contributed by atoms with van der Waals surface area (Å²) >= 11 is 0. The number of carbonyl (C=O) groups is 1. The van der Waals surface area contributed by atoms with Crippen LogP contribution in [0, 0.1) is 19.8 Å². The minimum Gasteiger partial charge on any atom is -0.348 e. The minimum absolute atomic E-state index is 0.103. The van der Waals surface area contributed by atoms with Crippen molar-refractivity contribution < 1.29 is 13.2 Å². The van der Waals surface area contributed by atoms with E-state index in [1.165, 1.54) is 28.6 Å². The molecular weight excluding hydrogens is 390 g/mol. The third-order valence-corrected chi connectivity index (χ3v) is 7.33. The Bertz CT molecular complexity index is 1050. The zero-order chi connectivity index (χ0) is 21.2. The van der Waals surface area contributed by atoms with Gasteiger partial charge in [0.25, 0.3) is 11.5 Å². The molecule has 0 aliphatic carbocycles. The number of sulfonamides is 1. The highest BCUT2D eigenvalue weighted by Crippen LogP contribution is 2.23. The molecule has 2 N–H and O–H groups in total. The molecule has 0 radical (unpaired) electrons. The molecule has 0 unspecified atom stereocenters. The second-order valence-corrected chi connectivity index (χ2v) is 9.67. The van der Waals surface area contributed by atoms with Crippen LogP contribution in [-0.2, 0) is 16.6 Å². The van der Waals surface area contributed by atoms with Crippen LogP contribution in [0.3, 0.4) is 0 Å². The third kappa shape index (κ3) is 4.76. The van der Waals surface area contributed by atoms with Gasteiger partial charge in [-0.05, 0) is 68.5 Å². The van der Waals surface area contributed by atoms with Gasteiger partial charge in [0, 0.05) is 36.5 Å². The van der Waals surface area contributed by atoms with Crippen molar-refractivity contribution in [3.63, 3.8) is 0 Å². The average molecular weight is 418 g/mol. The first-order valence-electron chi connectivity index (χ1n) is 9.76. The van der Waals surface area contributed by atoms with E-state index < -0.39 is 10.0 Å². The highest BCUT2D eigenvalue weighted by molar-refractivity contribution is 7.89. The SMILES string of the molecule is Cc1cc(C)c(CNC(=O)c2ccc(S(=O)(=O)N3CCC(C)CC3)cc2)c(=O)[nH]1. The Labute approximate surface area is 171 Å². The van der Waals surface area contributed by atoms with Gasteiger partial charge in [0.15, 0.2) is 0 Å². The molecule has 29 heavy (non-hydrogen) atoms. The number of carbonyl (C=O) groups excluding carboxylic acids is 1. The predicted octanol–water partition coefficient (Wildman–Crippen LogP) is 2.34. The fourth-order valence-corrected chi connectivity index (χ4v) is 4.99. The number of aromatic nitrogens is 1. The maximum Gasteiger partial charge on any atom is 0.253 e. The largest absolute Gasteiger partial charge is 0.348 e. The predicted molar refractivity (Wildman–Crippen MR) is 111 cm³/mol. The van der Waals surface area contributed by atoms with Crippen molar-refractivity contribution in [2.45, 2.75) is 45.1 Å². The van der Waals surface area contributed by atoms with Crippen molar-refractivity contribution in [2.24, 2.45) is 5.92 Å². The fourth-order valence-electron chi connectivity index (χ4n) is 3.52. The molecule has 1 amide bonds. The Kier molecular flexibility index (Phi) is 6.24. The van der Waals surface area contributed by atoms with Crippen LogP contribution in [0.2, 0.25) is 0 Å². The number of nitrogens with one attached hydrogen (secondary N) is 2. The van der Waals surface area contributed by atoms with E-state index in [2.05, 4.69) is 17.2 Å². The Balaban J connectivity index is 1.68. The first-order valence-corrected chi connectivity index (χ1v) is 11.2. The monoisotopic (exact) mass is 417 g/mol. The van der Waals surface area contributed by atoms with Crippen molar-refractivity contribution in [2.75, 3.05) is 13.1 Å². The van der Waals surface area contributed by atoms with Gasteiger partial charge in [0.1, 0.15) is 0 Å². The van der Waals surface area contributed by atoms with Gasteiger partial charge in [0.05, 0.1) is 4.90 Å². The van der Waals surface area contributed by atoms with Crippen LogP contribution < -0.4 is 10.9 Å². The minimum atomic E-state index is -3.54. The molecule has 2 aromatic rings. The molecule has 3 rings (SSSR count). The van der Waals surface area contributed by atoms with Gasteiger partial charge in [-0.15, -0.1) is 0 Å². The zero-order valence-electron chi connectivity index (χ0n) is 17.0. The summed E-state index contributed by atoms with van der Waals surface area (Å²) in [6.45, 7) is 6.91. The maximum atomic E-state index is 12.8. The maximum absolute atomic E-state index is 12.8. The van der Waals surface area contributed by atoms with Crippen LogP contribution >= 0.6 is 0 Å². The Morgan fingerprint density at radius 2 is 1.79 bits per heavy atom. The first kappa shape index (κ1) is 21.3. The summed E-state index contributed by atoms with van der Waals surface area (Å²) in [6.07, 6.45) is 1.72. The molecule has 8 heteroatoms. The van der Waals surface area contributed by atoms with Crippen molar-refractivity contribution in [1.82, 2.24) is 14.6 Å². The van der Waals surface area contributed by atoms with Crippen LogP contribution in [0.15, 0.2) is 40.0 Å². The van der Waals surface area contributed by atoms with Crippen LogP contribution in [0.25, 0.3) is 0 Å². The molecule has 1 fully saturated rings. The number of amides is 1. The van der Waals surface area contributed by atoms with Gasteiger partial charge >= 0.3 is 0 Å². The van der Waals surface area contributed by atoms with Crippen molar-refractivity contribution >= 4 is 15.9 Å². The summed E-state index contributed by atoms with van der Waals surface area (Å²) in [5.41, 5.74) is 2.20. The Morgan fingerprint density at radius 3 is 2.38 bits per heavy atom. The van der Waals surface area contributed by atoms with Gasteiger partial charge in [-0.3, -0.25) is 9.59 Å². The van der Waals surface area contributed by atoms with E-state index in [9.17, 15) is 18.0 Å². The smallest absolute Gasteiger partial charge is 0.253 e. The highest BCUT2D eigenvalue weighted by atomic mass is 32.2. The number of piperidine rings is 1. The van der Waals surface area contributed by atoms with E-state index >= 15 is 0 Å². The number of rotatable bonds is 5. The normalized spacial score (nSPS) is 16.0. The van der Waals surface area contributed by atoms with E-state index in [4.69, 9.17) is 0 Å². The molecule has 156 valence electrons. The first-order chi connectivity index (χ1) is 13.7. The summed E-state index contributed by atoms with van der Waals surface area (Å²) in [4.78, 5) is 27.4. The van der Waals surface area contributed by atoms with E-state index in [0.717, 1.165) is 24.1 Å². The average Bonchev–Trinajstić information content (AvgIpc) is 2.67. The molecule has 2 heterocycles. The van der Waals surface area contributed by atoms with Gasteiger partial charge in [-0.25, -0.2) is 8.42 Å². The molecular formula is C21H27N3O4S. The summed E-state index contributed by atoms with van der Waals surface area (Å²) in [6, 6.07) is 7.78. The number of aromatic amines is 1. The van der Waals surface area contributed by atoms with E-state index in [0.29, 0.717) is 30.1 Å². The molecule has 1 aromatic heterocycles. The lowest BCUT2D eigenvalue weighted by Crippen LogP contribution is -2.37. The Morgan fingerprint density at radius 1 is 1.17 bits per heavy atom. The molecule has 0 spiro atoms. The standard InChI is InChI=1S/C21H27N3O4S/c1-14-8-10-24(11-9-14)29(27,28)18-6-4-17(5-7-18)20(25)22-13-19-15(2)12-16(3)23-21(19)26/h4-7,12,14H,8-11,13H2,1-3H3,(H,22,25)(H,23,26). The summed E-state index contributed by atoms with van der Waals surface area (Å²) in [5.74, 6) is 0.178. The third-order valence-electron chi connectivity index (χ3n) is 5.42. The summed E-state index contributed by atoms with van der Waals surface area (Å²) in [7, 11) is -3.54. The number of hydrogen-bond donors (Lipinski definition) is 2. The number of hydrogen-bond acceptors (Lipinski definition) is 4. The molecule has 1 aliphatic heterocycles. The van der Waals surface area contributed by atoms with E-state index in [-0.39, 0.29) is 22.9 Å². The number of benzene rings is 1. The van der Waals surface area contributed by atoms with Crippen molar-refractivity contribution in [3.8, 4) is 0 Å². The van der Waals surface area contributed by atoms with E-state index in [1.54, 1.807) is 6.92 Å². The fraction of sp³-hybridized carbons (Fsp3) is 0.429. The topological polar surface area (TPSA) is 99.3 Å².